The predicted octanol–water partition coefficient (Wildman–Crippen LogP) is 3.42. The molecule has 0 aromatic carbocycles. The first-order valence-corrected chi connectivity index (χ1v) is 7.99. The molecule has 2 aromatic heterocycles. The maximum absolute atomic E-state index is 5.92. The number of hydrogen-bond donors (Lipinski definition) is 2. The molecule has 0 aliphatic carbocycles. The second-order valence-corrected chi connectivity index (χ2v) is 6.20. The van der Waals surface area contributed by atoms with E-state index in [2.05, 4.69) is 26.7 Å². The molecule has 7 heteroatoms. The smallest absolute Gasteiger partial charge is 0.158 e. The maximum atomic E-state index is 5.92. The van der Waals surface area contributed by atoms with Crippen molar-refractivity contribution in [1.82, 2.24) is 9.97 Å². The van der Waals surface area contributed by atoms with Crippen LogP contribution in [0.5, 0.6) is 0 Å². The lowest BCUT2D eigenvalue weighted by Gasteiger charge is -2.10. The third kappa shape index (κ3) is 5.15. The third-order valence-electron chi connectivity index (χ3n) is 2.71. The Hall–Kier alpha value is -1.37. The van der Waals surface area contributed by atoms with Crippen molar-refractivity contribution >= 4 is 34.6 Å². The molecule has 0 bridgehead atoms. The molecule has 0 spiro atoms. The second kappa shape index (κ2) is 8.17. The van der Waals surface area contributed by atoms with Crippen LogP contribution in [0, 0.1) is 0 Å². The summed E-state index contributed by atoms with van der Waals surface area (Å²) in [5.74, 6) is 2.27. The zero-order valence-corrected chi connectivity index (χ0v) is 13.7. The average Bonchev–Trinajstić information content (AvgIpc) is 2.85. The number of ether oxygens (including phenoxy) is 1. The Balaban J connectivity index is 1.97. The van der Waals surface area contributed by atoms with Gasteiger partial charge >= 0.3 is 0 Å². The van der Waals surface area contributed by atoms with Gasteiger partial charge in [0.1, 0.15) is 18.2 Å². The molecule has 2 rings (SSSR count). The zero-order valence-electron chi connectivity index (χ0n) is 12.1. The Morgan fingerprint density at radius 3 is 2.62 bits per heavy atom. The number of anilines is 2. The topological polar surface area (TPSA) is 59.1 Å². The van der Waals surface area contributed by atoms with Crippen LogP contribution in [0.25, 0.3) is 0 Å². The first kappa shape index (κ1) is 16.0. The lowest BCUT2D eigenvalue weighted by atomic mass is 10.3. The van der Waals surface area contributed by atoms with Crippen LogP contribution in [-0.4, -0.2) is 30.2 Å². The molecule has 0 aliphatic heterocycles. The largest absolute Gasteiger partial charge is 0.377 e. The van der Waals surface area contributed by atoms with E-state index in [9.17, 15) is 0 Å². The summed E-state index contributed by atoms with van der Waals surface area (Å²) in [6.07, 6.45) is 0.914. The van der Waals surface area contributed by atoms with Gasteiger partial charge in [-0.25, -0.2) is 9.97 Å². The van der Waals surface area contributed by atoms with Crippen LogP contribution in [0.15, 0.2) is 18.2 Å². The molecule has 0 radical (unpaired) electrons. The standard InChI is InChI=1S/C14H19ClN4OS/c1-3-16-12-8-13(19-14(18-12)9-20-2)17-7-6-10-4-5-11(15)21-10/h4-5,8H,3,6-7,9H2,1-2H3,(H2,16,17,18,19). The molecule has 0 atom stereocenters. The molecular weight excluding hydrogens is 308 g/mol. The lowest BCUT2D eigenvalue weighted by Crippen LogP contribution is -2.10. The van der Waals surface area contributed by atoms with Crippen molar-refractivity contribution in [3.8, 4) is 0 Å². The van der Waals surface area contributed by atoms with E-state index in [0.717, 1.165) is 35.5 Å². The van der Waals surface area contributed by atoms with Crippen LogP contribution in [0.2, 0.25) is 4.34 Å². The highest BCUT2D eigenvalue weighted by molar-refractivity contribution is 7.16. The monoisotopic (exact) mass is 326 g/mol. The molecule has 2 aromatic rings. The molecule has 0 saturated heterocycles. The van der Waals surface area contributed by atoms with Gasteiger partial charge in [-0.1, -0.05) is 11.6 Å². The number of nitrogens with zero attached hydrogens (tertiary/aromatic N) is 2. The Morgan fingerprint density at radius 2 is 2.00 bits per heavy atom. The van der Waals surface area contributed by atoms with E-state index >= 15 is 0 Å². The van der Waals surface area contributed by atoms with Crippen LogP contribution in [0.4, 0.5) is 11.6 Å². The zero-order chi connectivity index (χ0) is 15.1. The molecule has 2 heterocycles. The minimum atomic E-state index is 0.397. The molecule has 21 heavy (non-hydrogen) atoms. The van der Waals surface area contributed by atoms with Crippen LogP contribution < -0.4 is 10.6 Å². The fraction of sp³-hybridized carbons (Fsp3) is 0.429. The molecule has 0 saturated carbocycles. The summed E-state index contributed by atoms with van der Waals surface area (Å²) in [6.45, 7) is 4.04. The van der Waals surface area contributed by atoms with Crippen LogP contribution in [0.1, 0.15) is 17.6 Å². The van der Waals surface area contributed by atoms with Crippen molar-refractivity contribution in [2.75, 3.05) is 30.8 Å². The normalized spacial score (nSPS) is 10.6. The van der Waals surface area contributed by atoms with Gasteiger partial charge in [0.25, 0.3) is 0 Å². The van der Waals surface area contributed by atoms with E-state index in [1.165, 1.54) is 4.88 Å². The molecular formula is C14H19ClN4OS. The summed E-state index contributed by atoms with van der Waals surface area (Å²) in [5.41, 5.74) is 0. The van der Waals surface area contributed by atoms with E-state index in [1.54, 1.807) is 18.4 Å². The minimum absolute atomic E-state index is 0.397. The number of thiophene rings is 1. The SMILES string of the molecule is CCNc1cc(NCCc2ccc(Cl)s2)nc(COC)n1. The lowest BCUT2D eigenvalue weighted by molar-refractivity contribution is 0.178. The Morgan fingerprint density at radius 1 is 1.24 bits per heavy atom. The van der Waals surface area contributed by atoms with Crippen molar-refractivity contribution < 1.29 is 4.74 Å². The van der Waals surface area contributed by atoms with Crippen LogP contribution in [-0.2, 0) is 17.8 Å². The van der Waals surface area contributed by atoms with Crippen molar-refractivity contribution in [3.63, 3.8) is 0 Å². The molecule has 0 aliphatic rings. The molecule has 0 fully saturated rings. The van der Waals surface area contributed by atoms with E-state index in [4.69, 9.17) is 16.3 Å². The highest BCUT2D eigenvalue weighted by Crippen LogP contribution is 2.21. The van der Waals surface area contributed by atoms with Crippen LogP contribution >= 0.6 is 22.9 Å². The molecule has 2 N–H and O–H groups in total. The molecule has 0 amide bonds. The van der Waals surface area contributed by atoms with Gasteiger partial charge in [-0.15, -0.1) is 11.3 Å². The van der Waals surface area contributed by atoms with Gasteiger partial charge in [-0.3, -0.25) is 0 Å². The highest BCUT2D eigenvalue weighted by atomic mass is 35.5. The predicted molar refractivity (Wildman–Crippen MR) is 88.4 cm³/mol. The Bertz CT molecular complexity index is 552. The van der Waals surface area contributed by atoms with E-state index in [-0.39, 0.29) is 0 Å². The third-order valence-corrected chi connectivity index (χ3v) is 4.00. The second-order valence-electron chi connectivity index (χ2n) is 4.40. The minimum Gasteiger partial charge on any atom is -0.377 e. The van der Waals surface area contributed by atoms with Crippen molar-refractivity contribution in [3.05, 3.63) is 33.2 Å². The summed E-state index contributed by atoms with van der Waals surface area (Å²) in [4.78, 5) is 10.1. The van der Waals surface area contributed by atoms with E-state index < -0.39 is 0 Å². The van der Waals surface area contributed by atoms with Gasteiger partial charge < -0.3 is 15.4 Å². The number of rotatable bonds is 8. The van der Waals surface area contributed by atoms with Gasteiger partial charge in [0, 0.05) is 31.1 Å². The van der Waals surface area contributed by atoms with Crippen LogP contribution in [0.3, 0.4) is 0 Å². The van der Waals surface area contributed by atoms with Crippen molar-refractivity contribution in [2.24, 2.45) is 0 Å². The summed E-state index contributed by atoms with van der Waals surface area (Å²) in [5, 5.41) is 6.51. The maximum Gasteiger partial charge on any atom is 0.158 e. The molecule has 0 unspecified atom stereocenters. The Labute approximate surface area is 133 Å². The fourth-order valence-corrected chi connectivity index (χ4v) is 2.94. The molecule has 5 nitrogen and oxygen atoms in total. The Kier molecular flexibility index (Phi) is 6.22. The number of aromatic nitrogens is 2. The summed E-state index contributed by atoms with van der Waals surface area (Å²) in [7, 11) is 1.64. The summed E-state index contributed by atoms with van der Waals surface area (Å²) >= 11 is 7.53. The number of nitrogens with one attached hydrogen (secondary N) is 2. The fourth-order valence-electron chi connectivity index (χ4n) is 1.85. The summed E-state index contributed by atoms with van der Waals surface area (Å²) in [6, 6.07) is 5.88. The summed E-state index contributed by atoms with van der Waals surface area (Å²) < 4.78 is 5.92. The number of hydrogen-bond acceptors (Lipinski definition) is 6. The number of methoxy groups -OCH3 is 1. The average molecular weight is 327 g/mol. The quantitative estimate of drug-likeness (QED) is 0.778. The van der Waals surface area contributed by atoms with Crippen molar-refractivity contribution in [2.45, 2.75) is 20.0 Å². The number of halogens is 1. The molecule has 114 valence electrons. The van der Waals surface area contributed by atoms with Gasteiger partial charge in [0.05, 0.1) is 4.34 Å². The van der Waals surface area contributed by atoms with Gasteiger partial charge in [0.2, 0.25) is 0 Å². The van der Waals surface area contributed by atoms with E-state index in [1.807, 2.05) is 19.1 Å². The first-order valence-electron chi connectivity index (χ1n) is 6.80. The highest BCUT2D eigenvalue weighted by Gasteiger charge is 2.04. The first-order chi connectivity index (χ1) is 10.2. The van der Waals surface area contributed by atoms with Gasteiger partial charge in [-0.2, -0.15) is 0 Å². The van der Waals surface area contributed by atoms with Gasteiger partial charge in [0.15, 0.2) is 5.82 Å². The van der Waals surface area contributed by atoms with Crippen molar-refractivity contribution in [1.29, 1.82) is 0 Å². The van der Waals surface area contributed by atoms with E-state index in [0.29, 0.717) is 12.4 Å². The van der Waals surface area contributed by atoms with Gasteiger partial charge in [-0.05, 0) is 25.5 Å².